The number of hydrogen-bond donors (Lipinski definition) is 0. The van der Waals surface area contributed by atoms with E-state index in [2.05, 4.69) is 19.1 Å². The van der Waals surface area contributed by atoms with Crippen molar-refractivity contribution in [2.24, 2.45) is 0 Å². The lowest BCUT2D eigenvalue weighted by atomic mass is 10.1. The lowest BCUT2D eigenvalue weighted by Gasteiger charge is -2.02. The van der Waals surface area contributed by atoms with E-state index in [1.807, 2.05) is 0 Å². The van der Waals surface area contributed by atoms with Gasteiger partial charge in [-0.2, -0.15) is 0 Å². The Morgan fingerprint density at radius 2 is 1.20 bits per heavy atom. The molecule has 20 heavy (non-hydrogen) atoms. The summed E-state index contributed by atoms with van der Waals surface area (Å²) in [5, 5.41) is 10.2. The number of aliphatic carboxylic acids is 1. The highest BCUT2D eigenvalue weighted by molar-refractivity contribution is 5.63. The van der Waals surface area contributed by atoms with E-state index in [4.69, 9.17) is 0 Å². The molecule has 118 valence electrons. The normalized spacial score (nSPS) is 11.2. The molecule has 0 saturated heterocycles. The molecule has 0 bridgehead atoms. The van der Waals surface area contributed by atoms with Crippen LogP contribution in [0.25, 0.3) is 0 Å². The summed E-state index contributed by atoms with van der Waals surface area (Å²) in [7, 11) is 0. The molecule has 0 heterocycles. The lowest BCUT2D eigenvalue weighted by Crippen LogP contribution is -2.21. The molecule has 0 atom stereocenters. The molecule has 0 spiro atoms. The van der Waals surface area contributed by atoms with Crippen LogP contribution in [-0.4, -0.2) is 5.97 Å². The first-order valence-corrected chi connectivity index (χ1v) is 8.62. The summed E-state index contributed by atoms with van der Waals surface area (Å²) in [6.45, 7) is 2.25. The molecule has 0 aromatic heterocycles. The van der Waals surface area contributed by atoms with E-state index >= 15 is 0 Å². The van der Waals surface area contributed by atoms with Crippen LogP contribution in [0.2, 0.25) is 0 Å². The Hall–Kier alpha value is -0.790. The Bertz CT molecular complexity index is 234. The molecule has 0 aromatic rings. The second-order valence-corrected chi connectivity index (χ2v) is 5.71. The molecule has 0 radical (unpaired) electrons. The molecule has 0 aromatic carbocycles. The van der Waals surface area contributed by atoms with Crippen LogP contribution in [0.4, 0.5) is 0 Å². The van der Waals surface area contributed by atoms with Gasteiger partial charge < -0.3 is 9.90 Å². The van der Waals surface area contributed by atoms with Crippen LogP contribution in [0.3, 0.4) is 0 Å². The van der Waals surface area contributed by atoms with Gasteiger partial charge >= 0.3 is 0 Å². The highest BCUT2D eigenvalue weighted by Gasteiger charge is 1.91. The Balaban J connectivity index is 3.06. The maximum atomic E-state index is 10.2. The van der Waals surface area contributed by atoms with E-state index in [9.17, 15) is 9.90 Å². The average molecular weight is 281 g/mol. The van der Waals surface area contributed by atoms with Crippen molar-refractivity contribution in [3.05, 3.63) is 12.2 Å². The minimum Gasteiger partial charge on any atom is -0.550 e. The van der Waals surface area contributed by atoms with Crippen molar-refractivity contribution in [3.8, 4) is 0 Å². The van der Waals surface area contributed by atoms with Gasteiger partial charge in [-0.25, -0.2) is 0 Å². The summed E-state index contributed by atoms with van der Waals surface area (Å²) < 4.78 is 0. The number of carbonyl (C=O) groups is 1. The summed E-state index contributed by atoms with van der Waals surface area (Å²) in [5.74, 6) is -0.912. The van der Waals surface area contributed by atoms with E-state index in [0.717, 1.165) is 19.3 Å². The molecule has 0 unspecified atom stereocenters. The van der Waals surface area contributed by atoms with Crippen LogP contribution < -0.4 is 5.11 Å². The number of unbranched alkanes of at least 4 members (excludes halogenated alkanes) is 11. The van der Waals surface area contributed by atoms with Gasteiger partial charge in [0, 0.05) is 5.97 Å². The Labute approximate surface area is 125 Å². The maximum Gasteiger partial charge on any atom is 0.0414 e. The first-order valence-electron chi connectivity index (χ1n) is 8.62. The molecule has 0 fully saturated rings. The van der Waals surface area contributed by atoms with Gasteiger partial charge in [-0.3, -0.25) is 0 Å². The Morgan fingerprint density at radius 1 is 0.750 bits per heavy atom. The first kappa shape index (κ1) is 19.2. The van der Waals surface area contributed by atoms with Crippen LogP contribution in [0.1, 0.15) is 96.8 Å². The quantitative estimate of drug-likeness (QED) is 0.320. The Kier molecular flexibility index (Phi) is 15.6. The van der Waals surface area contributed by atoms with Gasteiger partial charge in [0.2, 0.25) is 0 Å². The smallest absolute Gasteiger partial charge is 0.0414 e. The zero-order valence-electron chi connectivity index (χ0n) is 13.4. The largest absolute Gasteiger partial charge is 0.550 e. The van der Waals surface area contributed by atoms with E-state index in [-0.39, 0.29) is 6.42 Å². The summed E-state index contributed by atoms with van der Waals surface area (Å²) in [6, 6.07) is 0. The highest BCUT2D eigenvalue weighted by atomic mass is 16.4. The lowest BCUT2D eigenvalue weighted by molar-refractivity contribution is -0.305. The fourth-order valence-electron chi connectivity index (χ4n) is 2.34. The number of carbonyl (C=O) groups excluding carboxylic acids is 1. The van der Waals surface area contributed by atoms with Gasteiger partial charge in [-0.1, -0.05) is 70.4 Å². The van der Waals surface area contributed by atoms with Crippen molar-refractivity contribution in [2.75, 3.05) is 0 Å². The predicted octanol–water partition coefficient (Wildman–Crippen LogP) is 4.77. The van der Waals surface area contributed by atoms with Crippen LogP contribution in [0, 0.1) is 0 Å². The van der Waals surface area contributed by atoms with E-state index in [0.29, 0.717) is 0 Å². The van der Waals surface area contributed by atoms with E-state index in [1.54, 1.807) is 0 Å². The highest BCUT2D eigenvalue weighted by Crippen LogP contribution is 2.09. The SMILES string of the molecule is CCCCCCCC=CCCCCCCCCC(=O)[O-]. The van der Waals surface area contributed by atoms with Gasteiger partial charge in [0.25, 0.3) is 0 Å². The molecule has 2 heteroatoms. The van der Waals surface area contributed by atoms with E-state index in [1.165, 1.54) is 64.2 Å². The fourth-order valence-corrected chi connectivity index (χ4v) is 2.34. The van der Waals surface area contributed by atoms with Gasteiger partial charge in [-0.15, -0.1) is 0 Å². The molecular formula is C18H33O2-. The zero-order chi connectivity index (χ0) is 14.9. The molecule has 0 amide bonds. The van der Waals surface area contributed by atoms with Crippen molar-refractivity contribution in [1.82, 2.24) is 0 Å². The monoisotopic (exact) mass is 281 g/mol. The predicted molar refractivity (Wildman–Crippen MR) is 84.5 cm³/mol. The molecule has 0 saturated carbocycles. The second kappa shape index (κ2) is 16.3. The molecule has 0 aliphatic heterocycles. The van der Waals surface area contributed by atoms with Gasteiger partial charge in [-0.05, 0) is 38.5 Å². The maximum absolute atomic E-state index is 10.2. The second-order valence-electron chi connectivity index (χ2n) is 5.71. The zero-order valence-corrected chi connectivity index (χ0v) is 13.4. The Morgan fingerprint density at radius 3 is 1.70 bits per heavy atom. The molecular weight excluding hydrogens is 248 g/mol. The summed E-state index contributed by atoms with van der Waals surface area (Å²) in [4.78, 5) is 10.2. The number of carboxylic acid groups (broad SMARTS) is 1. The molecule has 0 N–H and O–H groups in total. The molecule has 0 rings (SSSR count). The van der Waals surface area contributed by atoms with Gasteiger partial charge in [0.05, 0.1) is 0 Å². The van der Waals surface area contributed by atoms with E-state index < -0.39 is 5.97 Å². The number of allylic oxidation sites excluding steroid dienone is 2. The van der Waals surface area contributed by atoms with Crippen LogP contribution in [0.15, 0.2) is 12.2 Å². The topological polar surface area (TPSA) is 40.1 Å². The fraction of sp³-hybridized carbons (Fsp3) is 0.833. The third-order valence-electron chi connectivity index (χ3n) is 3.64. The van der Waals surface area contributed by atoms with Crippen molar-refractivity contribution in [3.63, 3.8) is 0 Å². The van der Waals surface area contributed by atoms with Crippen molar-refractivity contribution in [2.45, 2.75) is 96.8 Å². The summed E-state index contributed by atoms with van der Waals surface area (Å²) in [6.07, 6.45) is 20.9. The van der Waals surface area contributed by atoms with Gasteiger partial charge in [0.1, 0.15) is 0 Å². The minimum atomic E-state index is -0.912. The van der Waals surface area contributed by atoms with Crippen LogP contribution in [-0.2, 0) is 4.79 Å². The average Bonchev–Trinajstić information content (AvgIpc) is 2.43. The first-order chi connectivity index (χ1) is 9.77. The number of hydrogen-bond acceptors (Lipinski definition) is 2. The number of rotatable bonds is 15. The van der Waals surface area contributed by atoms with Crippen molar-refractivity contribution < 1.29 is 9.90 Å². The third kappa shape index (κ3) is 17.2. The molecule has 0 aliphatic rings. The molecule has 2 nitrogen and oxygen atoms in total. The van der Waals surface area contributed by atoms with Gasteiger partial charge in [0.15, 0.2) is 0 Å². The number of carboxylic acids is 1. The van der Waals surface area contributed by atoms with Crippen molar-refractivity contribution in [1.29, 1.82) is 0 Å². The third-order valence-corrected chi connectivity index (χ3v) is 3.64. The minimum absolute atomic E-state index is 0.223. The summed E-state index contributed by atoms with van der Waals surface area (Å²) >= 11 is 0. The van der Waals surface area contributed by atoms with Crippen molar-refractivity contribution >= 4 is 5.97 Å². The van der Waals surface area contributed by atoms with Crippen LogP contribution in [0.5, 0.6) is 0 Å². The van der Waals surface area contributed by atoms with Crippen LogP contribution >= 0.6 is 0 Å². The molecule has 0 aliphatic carbocycles. The standard InChI is InChI=1S/C18H34O2/c1-2-3-4-5-6-7-8-9-10-11-12-13-14-15-16-17-18(19)20/h8-9H,2-7,10-17H2,1H3,(H,19,20)/p-1. The summed E-state index contributed by atoms with van der Waals surface area (Å²) in [5.41, 5.74) is 0.